The molecule has 13 rings (SSSR count). The first-order chi connectivity index (χ1) is 47.8. The highest BCUT2D eigenvalue weighted by Crippen LogP contribution is 2.50. The molecule has 9 heteroatoms. The van der Waals surface area contributed by atoms with Crippen LogP contribution < -0.4 is 18.9 Å². The first-order valence-corrected chi connectivity index (χ1v) is 38.6. The summed E-state index contributed by atoms with van der Waals surface area (Å²) in [6.07, 6.45) is 16.8. The van der Waals surface area contributed by atoms with Gasteiger partial charge in [0.05, 0.1) is 19.8 Å². The number of hydrogen-bond acceptors (Lipinski definition) is 6. The van der Waals surface area contributed by atoms with Crippen LogP contribution in [0.3, 0.4) is 0 Å². The molecular weight excluding hydrogens is 1400 g/mol. The molecule has 0 saturated carbocycles. The quantitative estimate of drug-likeness (QED) is 0.0395. The highest BCUT2D eigenvalue weighted by molar-refractivity contribution is 9.09. The number of alkyl halides is 3. The number of rotatable bonds is 27. The second-order valence-electron chi connectivity index (χ2n) is 26.0. The van der Waals surface area contributed by atoms with Crippen molar-refractivity contribution in [2.45, 2.75) is 146 Å². The molecule has 0 fully saturated rings. The van der Waals surface area contributed by atoms with Gasteiger partial charge in [-0.3, -0.25) is 0 Å². The summed E-state index contributed by atoms with van der Waals surface area (Å²) in [7, 11) is 0. The molecule has 0 unspecified atom stereocenters. The fourth-order valence-corrected chi connectivity index (χ4v) is 15.8. The Hall–Kier alpha value is -7.56. The fourth-order valence-electron chi connectivity index (χ4n) is 14.7. The molecule has 0 radical (unpaired) electrons. The summed E-state index contributed by atoms with van der Waals surface area (Å²) in [5.41, 5.74) is 17.3. The van der Waals surface area contributed by atoms with Gasteiger partial charge in [0.2, 0.25) is 0 Å². The van der Waals surface area contributed by atoms with Crippen molar-refractivity contribution < 1.29 is 29.2 Å². The van der Waals surface area contributed by atoms with E-state index in [0.29, 0.717) is 41.8 Å². The van der Waals surface area contributed by atoms with E-state index in [2.05, 4.69) is 266 Å². The van der Waals surface area contributed by atoms with E-state index in [-0.39, 0.29) is 19.3 Å². The number of benzene rings is 10. The Morgan fingerprint density at radius 1 is 0.296 bits per heavy atom. The maximum Gasteiger partial charge on any atom is 0.120 e. The third kappa shape index (κ3) is 20.3. The van der Waals surface area contributed by atoms with Crippen molar-refractivity contribution in [3.63, 3.8) is 0 Å². The van der Waals surface area contributed by atoms with Crippen LogP contribution in [0.4, 0.5) is 0 Å². The summed E-state index contributed by atoms with van der Waals surface area (Å²) in [6.45, 7) is 2.90. The molecule has 10 aromatic carbocycles. The van der Waals surface area contributed by atoms with Crippen molar-refractivity contribution >= 4 is 47.8 Å². The topological polar surface area (TPSA) is 77.4 Å². The summed E-state index contributed by atoms with van der Waals surface area (Å²) >= 11 is 10.4. The van der Waals surface area contributed by atoms with Crippen molar-refractivity contribution in [3.05, 3.63) is 321 Å². The van der Waals surface area contributed by atoms with Crippen LogP contribution in [0.5, 0.6) is 34.5 Å². The molecule has 6 atom stereocenters. The Balaban J connectivity index is 0.000000160. The second-order valence-corrected chi connectivity index (χ2v) is 28.4. The van der Waals surface area contributed by atoms with Crippen LogP contribution in [0, 0.1) is 0 Å². The average molecular weight is 1500 g/mol. The van der Waals surface area contributed by atoms with Gasteiger partial charge in [0.1, 0.15) is 41.1 Å². The molecule has 6 nitrogen and oxygen atoms in total. The minimum absolute atomic E-state index is 0. The summed E-state index contributed by atoms with van der Waals surface area (Å²) in [5.74, 6) is 6.67. The highest BCUT2D eigenvalue weighted by atomic mass is 79.9. The average Bonchev–Trinajstić information content (AvgIpc) is 0.785. The van der Waals surface area contributed by atoms with Crippen LogP contribution in [0.1, 0.15) is 192 Å². The largest absolute Gasteiger partial charge is 0.508 e. The highest BCUT2D eigenvalue weighted by Gasteiger charge is 2.35. The second kappa shape index (κ2) is 38.7. The van der Waals surface area contributed by atoms with Gasteiger partial charge in [-0.15, -0.1) is 0 Å². The lowest BCUT2D eigenvalue weighted by atomic mass is 9.69. The lowest BCUT2D eigenvalue weighted by molar-refractivity contribution is 0.305. The summed E-state index contributed by atoms with van der Waals surface area (Å²) in [6, 6.07) is 87.6. The van der Waals surface area contributed by atoms with Crippen molar-refractivity contribution in [1.82, 2.24) is 0 Å². The van der Waals surface area contributed by atoms with Gasteiger partial charge in [-0.05, 0) is 259 Å². The minimum Gasteiger partial charge on any atom is -0.508 e. The number of hydrogen-bond donors (Lipinski definition) is 2. The van der Waals surface area contributed by atoms with E-state index in [1.807, 2.05) is 30.3 Å². The normalized spacial score (nSPS) is 17.3. The van der Waals surface area contributed by atoms with E-state index in [4.69, 9.17) is 18.9 Å². The summed E-state index contributed by atoms with van der Waals surface area (Å²) in [5, 5.41) is 23.1. The van der Waals surface area contributed by atoms with E-state index in [1.54, 1.807) is 0 Å². The number of halogens is 3. The van der Waals surface area contributed by atoms with E-state index in [0.717, 1.165) is 117 Å². The first kappa shape index (κ1) is 73.2. The third-order valence-electron chi connectivity index (χ3n) is 19.5. The van der Waals surface area contributed by atoms with Crippen molar-refractivity contribution in [2.24, 2.45) is 0 Å². The fraction of sp³-hybridized carbons (Fsp3) is 0.326. The minimum atomic E-state index is 0. The Bertz CT molecular complexity index is 3770. The van der Waals surface area contributed by atoms with Crippen LogP contribution in [-0.4, -0.2) is 46.0 Å². The van der Waals surface area contributed by atoms with E-state index < -0.39 is 0 Å². The predicted octanol–water partition coefficient (Wildman–Crippen LogP) is 24.1. The van der Waals surface area contributed by atoms with Crippen molar-refractivity contribution in [1.29, 1.82) is 0 Å². The Morgan fingerprint density at radius 3 is 0.939 bits per heavy atom. The number of phenols is 2. The number of phenolic OH excluding ortho intramolecular Hbond substituents is 2. The molecule has 3 aliphatic rings. The number of ether oxygens (including phenoxy) is 4. The van der Waals surface area contributed by atoms with Crippen molar-refractivity contribution in [3.8, 4) is 34.5 Å². The Labute approximate surface area is 609 Å². The van der Waals surface area contributed by atoms with Gasteiger partial charge < -0.3 is 29.2 Å². The standard InChI is InChI=1S/C34H35BrO2.2C27H29BrO2.CH4/c35-22-8-3-9-23-36-30-17-14-28(15-18-30)34-32(27-12-6-2-7-13-27)20-16-29-24-31(19-21-33(29)34)37-25-26-10-4-1-5-11-26;2*28-17-5-2-6-18-30-24-13-9-21(10-14-24)27-25(20-7-3-1-4-8-20)15-11-22-19-23(29)12-16-26(22)27;/h1-2,4-7,10-15,17-19,21,24,32,34H,3,8-9,16,20,22-23,25H2;2*1,3-4,7-10,12-14,16,19,25,27,29H,2,5-6,11,15,17-18H2;1H4/t32-,34+;2*25-,27+;/m110./s1. The van der Waals surface area contributed by atoms with Gasteiger partial charge in [0, 0.05) is 33.7 Å². The smallest absolute Gasteiger partial charge is 0.120 e. The molecule has 0 spiro atoms. The van der Waals surface area contributed by atoms with E-state index >= 15 is 0 Å². The van der Waals surface area contributed by atoms with E-state index in [1.165, 1.54) is 111 Å². The van der Waals surface area contributed by atoms with Gasteiger partial charge in [-0.25, -0.2) is 0 Å². The predicted molar refractivity (Wildman–Crippen MR) is 417 cm³/mol. The maximum atomic E-state index is 9.98. The van der Waals surface area contributed by atoms with Crippen LogP contribution >= 0.6 is 47.8 Å². The molecular formula is C89H97Br3O6. The lowest BCUT2D eigenvalue weighted by Gasteiger charge is -2.35. The molecule has 0 heterocycles. The number of aromatic hydroxyl groups is 2. The van der Waals surface area contributed by atoms with Gasteiger partial charge in [0.25, 0.3) is 0 Å². The van der Waals surface area contributed by atoms with Gasteiger partial charge in [0.15, 0.2) is 0 Å². The molecule has 0 aliphatic heterocycles. The molecule has 510 valence electrons. The van der Waals surface area contributed by atoms with Crippen LogP contribution in [0.25, 0.3) is 0 Å². The molecule has 3 aliphatic carbocycles. The SMILES string of the molecule is BrCCCCCOc1ccc([C@@H]2c3ccc(OCc4ccccc4)cc3CC[C@@H]2c2ccccc2)cc1.C.Oc1ccc2c(c1)CC[C@@H](c1ccccc1)[C@H]2c1ccc(OCCCCCBr)cc1.Oc1ccc2c(c1)CC[C@H](c1ccccc1)[C@@H]2c1ccc(OCCCCCBr)cc1. The maximum absolute atomic E-state index is 9.98. The zero-order valence-electron chi connectivity index (χ0n) is 55.9. The monoisotopic (exact) mass is 1500 g/mol. The zero-order chi connectivity index (χ0) is 66.8. The third-order valence-corrected chi connectivity index (χ3v) is 21.2. The van der Waals surface area contributed by atoms with Gasteiger partial charge in [-0.2, -0.15) is 0 Å². The molecule has 0 amide bonds. The van der Waals surface area contributed by atoms with E-state index in [9.17, 15) is 10.2 Å². The Kier molecular flexibility index (Phi) is 28.9. The number of unbranched alkanes of at least 4 members (excludes halogenated alkanes) is 6. The molecule has 0 aromatic heterocycles. The molecule has 0 bridgehead atoms. The number of fused-ring (bicyclic) bond motifs is 3. The van der Waals surface area contributed by atoms with Gasteiger partial charge in [-0.1, -0.05) is 231 Å². The van der Waals surface area contributed by atoms with Crippen LogP contribution in [-0.2, 0) is 25.9 Å². The van der Waals surface area contributed by atoms with Crippen LogP contribution in [0.2, 0.25) is 0 Å². The van der Waals surface area contributed by atoms with Gasteiger partial charge >= 0.3 is 0 Å². The molecule has 98 heavy (non-hydrogen) atoms. The van der Waals surface area contributed by atoms with Crippen molar-refractivity contribution in [2.75, 3.05) is 35.8 Å². The molecule has 0 saturated heterocycles. The Morgan fingerprint density at radius 2 is 0.602 bits per heavy atom. The lowest BCUT2D eigenvalue weighted by Crippen LogP contribution is -2.20. The number of aryl methyl sites for hydroxylation is 3. The summed E-state index contributed by atoms with van der Waals surface area (Å²) < 4.78 is 24.1. The molecule has 2 N–H and O–H groups in total. The summed E-state index contributed by atoms with van der Waals surface area (Å²) in [4.78, 5) is 0. The zero-order valence-corrected chi connectivity index (χ0v) is 60.6. The molecule has 10 aromatic rings. The van der Waals surface area contributed by atoms with Crippen LogP contribution in [0.15, 0.2) is 249 Å². The first-order valence-electron chi connectivity index (χ1n) is 35.3.